The van der Waals surface area contributed by atoms with Gasteiger partial charge < -0.3 is 30.3 Å². The van der Waals surface area contributed by atoms with E-state index in [1.165, 1.54) is 0 Å². The van der Waals surface area contributed by atoms with Gasteiger partial charge in [-0.25, -0.2) is 0 Å². The number of likely N-dealkylation sites (tertiary alicyclic amines) is 2. The van der Waals surface area contributed by atoms with Gasteiger partial charge in [0.15, 0.2) is 12.1 Å². The Labute approximate surface area is 264 Å². The first-order valence-corrected chi connectivity index (χ1v) is 16.7. The van der Waals surface area contributed by atoms with E-state index in [1.807, 2.05) is 36.4 Å². The Hall–Kier alpha value is -2.78. The van der Waals surface area contributed by atoms with E-state index in [9.17, 15) is 20.0 Å². The van der Waals surface area contributed by atoms with Crippen LogP contribution < -0.4 is 10.6 Å². The number of carbonyl (C=O) groups excluding carboxylic acids is 2. The van der Waals surface area contributed by atoms with E-state index in [4.69, 9.17) is 0 Å². The Morgan fingerprint density at radius 1 is 0.636 bits per heavy atom. The Kier molecular flexibility index (Phi) is 10.6. The van der Waals surface area contributed by atoms with Gasteiger partial charge in [-0.15, -0.1) is 0 Å². The van der Waals surface area contributed by atoms with Gasteiger partial charge in [0.1, 0.15) is 13.1 Å². The Morgan fingerprint density at radius 3 is 1.20 bits per heavy atom. The summed E-state index contributed by atoms with van der Waals surface area (Å²) in [6.07, 6.45) is 2.25. The third-order valence-corrected chi connectivity index (χ3v) is 9.87. The summed E-state index contributed by atoms with van der Waals surface area (Å²) in [4.78, 5) is 27.5. The number of amides is 2. The largest absolute Gasteiger partial charge is 0.632 e. The topological polar surface area (TPSA) is 104 Å². The smallest absolute Gasteiger partial charge is 0.283 e. The molecule has 0 spiro atoms. The van der Waals surface area contributed by atoms with Crippen molar-refractivity contribution in [2.75, 3.05) is 36.8 Å². The Bertz CT molecular complexity index is 1190. The zero-order valence-electron chi connectivity index (χ0n) is 28.1. The molecule has 0 radical (unpaired) electrons. The minimum Gasteiger partial charge on any atom is -0.632 e. The maximum absolute atomic E-state index is 14.2. The van der Waals surface area contributed by atoms with Gasteiger partial charge >= 0.3 is 0 Å². The number of benzene rings is 2. The zero-order valence-corrected chi connectivity index (χ0v) is 28.1. The van der Waals surface area contributed by atoms with Gasteiger partial charge in [0.25, 0.3) is 11.8 Å². The molecule has 8 nitrogen and oxygen atoms in total. The molecule has 8 heteroatoms. The highest BCUT2D eigenvalue weighted by Gasteiger charge is 2.45. The van der Waals surface area contributed by atoms with Gasteiger partial charge in [-0.2, -0.15) is 0 Å². The van der Waals surface area contributed by atoms with Gasteiger partial charge in [0.2, 0.25) is 0 Å². The predicted molar refractivity (Wildman–Crippen MR) is 179 cm³/mol. The van der Waals surface area contributed by atoms with E-state index in [1.54, 1.807) is 0 Å². The second-order valence-electron chi connectivity index (χ2n) is 14.3. The molecule has 2 saturated heterocycles. The van der Waals surface area contributed by atoms with Crippen LogP contribution in [0, 0.1) is 10.4 Å². The van der Waals surface area contributed by atoms with Crippen LogP contribution in [0.25, 0.3) is 0 Å². The van der Waals surface area contributed by atoms with Gasteiger partial charge in [-0.05, 0) is 45.9 Å². The van der Waals surface area contributed by atoms with Gasteiger partial charge in [0.05, 0.1) is 13.1 Å². The molecule has 0 unspecified atom stereocenters. The standard InChI is InChI=1S/C36H54N4O4/c1-23(2)27-13-9-14-28(24(3)4)33(27)37-35(41)31-17-11-19-39(31,43)21-22-40(44)20-12-18-32(40)36(42)38-34-29(25(5)6)15-10-16-30(34)26(7)8/h9-10,13-16,23-26,31-32H,11-12,17-22H2,1-8H3,(H,37,41)(H,38,42)/t31-,32-,39+,40+/m0/s1. The third-order valence-electron chi connectivity index (χ3n) is 9.87. The average Bonchev–Trinajstić information content (AvgIpc) is 3.54. The number of nitrogens with one attached hydrogen (secondary N) is 2. The molecule has 2 amide bonds. The second-order valence-corrected chi connectivity index (χ2v) is 14.3. The van der Waals surface area contributed by atoms with E-state index >= 15 is 0 Å². The Balaban J connectivity index is 1.51. The van der Waals surface area contributed by atoms with Crippen LogP contribution in [0.15, 0.2) is 36.4 Å². The number of hydrogen-bond donors (Lipinski definition) is 2. The molecule has 0 bridgehead atoms. The number of carbonyl (C=O) groups is 2. The number of hydroxylamine groups is 6. The monoisotopic (exact) mass is 606 g/mol. The normalized spacial score (nSPS) is 25.4. The average molecular weight is 607 g/mol. The van der Waals surface area contributed by atoms with Crippen molar-refractivity contribution in [1.82, 2.24) is 0 Å². The molecule has 2 aromatic rings. The van der Waals surface area contributed by atoms with E-state index in [0.29, 0.717) is 38.8 Å². The summed E-state index contributed by atoms with van der Waals surface area (Å²) in [5.41, 5.74) is 5.85. The molecular formula is C36H54N4O4. The Morgan fingerprint density at radius 2 is 0.932 bits per heavy atom. The summed E-state index contributed by atoms with van der Waals surface area (Å²) in [5.74, 6) is 0.314. The summed E-state index contributed by atoms with van der Waals surface area (Å²) in [6, 6.07) is 10.6. The molecule has 2 fully saturated rings. The number of anilines is 2. The van der Waals surface area contributed by atoms with E-state index in [0.717, 1.165) is 33.6 Å². The molecular weight excluding hydrogens is 552 g/mol. The van der Waals surface area contributed by atoms with Gasteiger partial charge in [0, 0.05) is 37.1 Å². The maximum atomic E-state index is 14.2. The molecule has 2 aliphatic heterocycles. The van der Waals surface area contributed by atoms with Crippen molar-refractivity contribution in [2.45, 2.75) is 117 Å². The lowest BCUT2D eigenvalue weighted by atomic mass is 9.92. The third kappa shape index (κ3) is 7.04. The predicted octanol–water partition coefficient (Wildman–Crippen LogP) is 7.71. The van der Waals surface area contributed by atoms with Crippen molar-refractivity contribution in [3.8, 4) is 0 Å². The molecule has 44 heavy (non-hydrogen) atoms. The van der Waals surface area contributed by atoms with Crippen LogP contribution in [0.3, 0.4) is 0 Å². The van der Waals surface area contributed by atoms with Gasteiger partial charge in [-0.1, -0.05) is 91.8 Å². The van der Waals surface area contributed by atoms with Crippen molar-refractivity contribution in [2.24, 2.45) is 0 Å². The summed E-state index contributed by atoms with van der Waals surface area (Å²) in [6.45, 7) is 17.5. The maximum Gasteiger partial charge on any atom is 0.283 e. The number of quaternary nitrogens is 2. The molecule has 2 aromatic carbocycles. The minimum absolute atomic E-state index is 0.0219. The highest BCUT2D eigenvalue weighted by molar-refractivity contribution is 5.96. The van der Waals surface area contributed by atoms with Crippen LogP contribution in [0.1, 0.15) is 127 Å². The first kappa shape index (κ1) is 34.1. The van der Waals surface area contributed by atoms with E-state index in [2.05, 4.69) is 66.0 Å². The molecule has 2 heterocycles. The molecule has 0 aromatic heterocycles. The zero-order chi connectivity index (χ0) is 32.4. The van der Waals surface area contributed by atoms with Crippen LogP contribution in [-0.2, 0) is 9.59 Å². The lowest BCUT2D eigenvalue weighted by Gasteiger charge is -2.49. The summed E-state index contributed by atoms with van der Waals surface area (Å²) in [5, 5.41) is 34.8. The van der Waals surface area contributed by atoms with Crippen LogP contribution >= 0.6 is 0 Å². The molecule has 0 saturated carbocycles. The SMILES string of the molecule is CC(C)c1cccc(C(C)C)c1NC(=O)[C@@H]1CCC[N@@+]1([O-])CC[N@+]1([O-])CCC[C@H]1C(=O)Nc1c(C(C)C)cccc1C(C)C. The molecule has 4 rings (SSSR count). The first-order valence-electron chi connectivity index (χ1n) is 16.7. The number of rotatable bonds is 11. The van der Waals surface area contributed by atoms with Crippen LogP contribution in [0.4, 0.5) is 11.4 Å². The fourth-order valence-corrected chi connectivity index (χ4v) is 7.25. The summed E-state index contributed by atoms with van der Waals surface area (Å²) >= 11 is 0. The number of para-hydroxylation sites is 2. The molecule has 2 N–H and O–H groups in total. The molecule has 0 aliphatic carbocycles. The summed E-state index contributed by atoms with van der Waals surface area (Å²) < 4.78 is -1.42. The van der Waals surface area contributed by atoms with Gasteiger partial charge in [-0.3, -0.25) is 9.59 Å². The fraction of sp³-hybridized carbons (Fsp3) is 0.611. The highest BCUT2D eigenvalue weighted by Crippen LogP contribution is 2.37. The fourth-order valence-electron chi connectivity index (χ4n) is 7.25. The van der Waals surface area contributed by atoms with Crippen LogP contribution in [0.2, 0.25) is 0 Å². The van der Waals surface area contributed by atoms with E-state index in [-0.39, 0.29) is 48.6 Å². The minimum atomic E-state index is -0.775. The lowest BCUT2D eigenvalue weighted by Crippen LogP contribution is -2.60. The summed E-state index contributed by atoms with van der Waals surface area (Å²) in [7, 11) is 0. The van der Waals surface area contributed by atoms with Crippen molar-refractivity contribution in [3.05, 3.63) is 69.1 Å². The number of hydrogen-bond acceptors (Lipinski definition) is 4. The van der Waals surface area contributed by atoms with Crippen molar-refractivity contribution in [3.63, 3.8) is 0 Å². The second kappa shape index (κ2) is 13.7. The van der Waals surface area contributed by atoms with Crippen LogP contribution in [-0.4, -0.2) is 59.4 Å². The quantitative estimate of drug-likeness (QED) is 0.202. The van der Waals surface area contributed by atoms with Crippen molar-refractivity contribution < 1.29 is 18.9 Å². The van der Waals surface area contributed by atoms with Crippen molar-refractivity contribution >= 4 is 23.2 Å². The molecule has 4 atom stereocenters. The highest BCUT2D eigenvalue weighted by atomic mass is 16.6. The van der Waals surface area contributed by atoms with E-state index < -0.39 is 21.4 Å². The number of nitrogens with zero attached hydrogens (tertiary/aromatic N) is 2. The lowest BCUT2D eigenvalue weighted by molar-refractivity contribution is -0.938. The molecule has 2 aliphatic rings. The van der Waals surface area contributed by atoms with Crippen molar-refractivity contribution in [1.29, 1.82) is 0 Å². The molecule has 242 valence electrons. The first-order chi connectivity index (χ1) is 20.7. The van der Waals surface area contributed by atoms with Crippen LogP contribution in [0.5, 0.6) is 0 Å².